The molecule has 1 aromatic rings. The lowest BCUT2D eigenvalue weighted by Gasteiger charge is -2.11. The van der Waals surface area contributed by atoms with Gasteiger partial charge in [0.2, 0.25) is 0 Å². The second kappa shape index (κ2) is 6.80. The molecule has 0 aromatic heterocycles. The minimum Gasteiger partial charge on any atom is -0.393 e. The highest BCUT2D eigenvalue weighted by atomic mass is 16.6. The van der Waals surface area contributed by atoms with E-state index in [1.165, 1.54) is 0 Å². The second-order valence-corrected chi connectivity index (χ2v) is 3.99. The highest BCUT2D eigenvalue weighted by Crippen LogP contribution is 2.32. The molecule has 0 bridgehead atoms. The van der Waals surface area contributed by atoms with Crippen molar-refractivity contribution in [3.05, 3.63) is 28.3 Å². The molecule has 0 spiro atoms. The number of hydrogen-bond acceptors (Lipinski definition) is 5. The molecular formula is C12H19N3O3. The van der Waals surface area contributed by atoms with E-state index in [0.717, 1.165) is 0 Å². The van der Waals surface area contributed by atoms with Crippen LogP contribution in [0.1, 0.15) is 19.8 Å². The molecule has 0 saturated carbocycles. The average Bonchev–Trinajstić information content (AvgIpc) is 2.37. The highest BCUT2D eigenvalue weighted by molar-refractivity contribution is 5.75. The van der Waals surface area contributed by atoms with Gasteiger partial charge in [-0.05, 0) is 25.0 Å². The Morgan fingerprint density at radius 2 is 2.11 bits per heavy atom. The van der Waals surface area contributed by atoms with Gasteiger partial charge in [0.05, 0.1) is 11.0 Å². The van der Waals surface area contributed by atoms with Gasteiger partial charge in [-0.1, -0.05) is 13.0 Å². The van der Waals surface area contributed by atoms with E-state index in [2.05, 4.69) is 10.6 Å². The molecule has 0 aliphatic heterocycles. The minimum atomic E-state index is -0.412. The summed E-state index contributed by atoms with van der Waals surface area (Å²) in [6.45, 7) is 2.40. The lowest BCUT2D eigenvalue weighted by molar-refractivity contribution is -0.383. The molecular weight excluding hydrogens is 234 g/mol. The van der Waals surface area contributed by atoms with E-state index < -0.39 is 4.92 Å². The number of aliphatic hydroxyl groups is 1. The summed E-state index contributed by atoms with van der Waals surface area (Å²) in [5.74, 6) is 0. The van der Waals surface area contributed by atoms with Crippen LogP contribution in [0.5, 0.6) is 0 Å². The van der Waals surface area contributed by atoms with E-state index in [-0.39, 0.29) is 11.8 Å². The van der Waals surface area contributed by atoms with Crippen LogP contribution in [0.15, 0.2) is 18.2 Å². The zero-order valence-electron chi connectivity index (χ0n) is 10.6. The molecule has 18 heavy (non-hydrogen) atoms. The number of hydrogen-bond donors (Lipinski definition) is 3. The summed E-state index contributed by atoms with van der Waals surface area (Å²) < 4.78 is 0. The number of para-hydroxylation sites is 1. The first-order chi connectivity index (χ1) is 8.60. The molecule has 0 heterocycles. The fourth-order valence-electron chi connectivity index (χ4n) is 1.66. The van der Waals surface area contributed by atoms with Crippen LogP contribution in [0, 0.1) is 10.1 Å². The molecule has 1 unspecified atom stereocenters. The van der Waals surface area contributed by atoms with E-state index in [0.29, 0.717) is 30.8 Å². The van der Waals surface area contributed by atoms with Crippen LogP contribution in [0.3, 0.4) is 0 Å². The van der Waals surface area contributed by atoms with Crippen molar-refractivity contribution in [1.29, 1.82) is 0 Å². The van der Waals surface area contributed by atoms with Crippen LogP contribution in [0.25, 0.3) is 0 Å². The summed E-state index contributed by atoms with van der Waals surface area (Å²) in [6.07, 6.45) is 0.877. The largest absolute Gasteiger partial charge is 0.393 e. The number of rotatable bonds is 7. The van der Waals surface area contributed by atoms with Gasteiger partial charge in [-0.2, -0.15) is 0 Å². The summed E-state index contributed by atoms with van der Waals surface area (Å²) in [7, 11) is 1.65. The molecule has 0 fully saturated rings. The Balaban J connectivity index is 2.78. The fourth-order valence-corrected chi connectivity index (χ4v) is 1.66. The summed E-state index contributed by atoms with van der Waals surface area (Å²) in [5.41, 5.74) is 0.974. The van der Waals surface area contributed by atoms with Crippen molar-refractivity contribution in [2.24, 2.45) is 0 Å². The molecule has 1 atom stereocenters. The van der Waals surface area contributed by atoms with Crippen LogP contribution in [0.4, 0.5) is 17.1 Å². The normalized spacial score (nSPS) is 11.9. The third-order valence-electron chi connectivity index (χ3n) is 2.75. The zero-order chi connectivity index (χ0) is 13.5. The van der Waals surface area contributed by atoms with Gasteiger partial charge in [-0.15, -0.1) is 0 Å². The molecule has 6 heteroatoms. The lowest BCUT2D eigenvalue weighted by Crippen LogP contribution is -2.13. The second-order valence-electron chi connectivity index (χ2n) is 3.99. The molecule has 0 saturated heterocycles. The number of nitro groups is 1. The van der Waals surface area contributed by atoms with E-state index in [1.54, 1.807) is 25.2 Å². The Hall–Kier alpha value is -1.82. The van der Waals surface area contributed by atoms with Gasteiger partial charge in [0.15, 0.2) is 0 Å². The Kier molecular flexibility index (Phi) is 5.38. The number of aliphatic hydroxyl groups excluding tert-OH is 1. The Morgan fingerprint density at radius 3 is 2.67 bits per heavy atom. The predicted octanol–water partition coefficient (Wildman–Crippen LogP) is 2.21. The Labute approximate surface area is 106 Å². The average molecular weight is 253 g/mol. The van der Waals surface area contributed by atoms with Gasteiger partial charge < -0.3 is 15.7 Å². The van der Waals surface area contributed by atoms with Crippen molar-refractivity contribution in [3.63, 3.8) is 0 Å². The van der Waals surface area contributed by atoms with E-state index in [4.69, 9.17) is 0 Å². The molecule has 0 aliphatic rings. The third kappa shape index (κ3) is 3.59. The summed E-state index contributed by atoms with van der Waals surface area (Å²) in [5, 5.41) is 26.2. The maximum Gasteiger partial charge on any atom is 0.315 e. The molecule has 0 aliphatic carbocycles. The first kappa shape index (κ1) is 14.2. The van der Waals surface area contributed by atoms with Gasteiger partial charge in [-0.25, -0.2) is 0 Å². The van der Waals surface area contributed by atoms with Crippen molar-refractivity contribution >= 4 is 17.1 Å². The van der Waals surface area contributed by atoms with Crippen molar-refractivity contribution in [2.45, 2.75) is 25.9 Å². The highest BCUT2D eigenvalue weighted by Gasteiger charge is 2.18. The third-order valence-corrected chi connectivity index (χ3v) is 2.75. The zero-order valence-corrected chi connectivity index (χ0v) is 10.6. The summed E-state index contributed by atoms with van der Waals surface area (Å²) >= 11 is 0. The molecule has 3 N–H and O–H groups in total. The maximum atomic E-state index is 11.0. The number of nitrogens with one attached hydrogen (secondary N) is 2. The first-order valence-corrected chi connectivity index (χ1v) is 5.97. The SMILES string of the molecule is CCC(O)CCNc1cccc(NC)c1[N+](=O)[O-]. The van der Waals surface area contributed by atoms with E-state index >= 15 is 0 Å². The number of benzene rings is 1. The molecule has 6 nitrogen and oxygen atoms in total. The van der Waals surface area contributed by atoms with Gasteiger partial charge in [0.1, 0.15) is 11.4 Å². The van der Waals surface area contributed by atoms with Crippen LogP contribution in [0.2, 0.25) is 0 Å². The minimum absolute atomic E-state index is 0.0333. The van der Waals surface area contributed by atoms with Crippen LogP contribution >= 0.6 is 0 Å². The van der Waals surface area contributed by atoms with Crippen LogP contribution < -0.4 is 10.6 Å². The molecule has 100 valence electrons. The predicted molar refractivity (Wildman–Crippen MR) is 72.0 cm³/mol. The molecule has 1 aromatic carbocycles. The lowest BCUT2D eigenvalue weighted by atomic mass is 10.2. The number of anilines is 2. The number of nitro benzene ring substituents is 1. The fraction of sp³-hybridized carbons (Fsp3) is 0.500. The molecule has 1 rings (SSSR count). The van der Waals surface area contributed by atoms with E-state index in [1.807, 2.05) is 6.92 Å². The van der Waals surface area contributed by atoms with Crippen molar-refractivity contribution < 1.29 is 10.0 Å². The Morgan fingerprint density at radius 1 is 1.44 bits per heavy atom. The van der Waals surface area contributed by atoms with Crippen LogP contribution in [-0.4, -0.2) is 29.7 Å². The van der Waals surface area contributed by atoms with E-state index in [9.17, 15) is 15.2 Å². The van der Waals surface area contributed by atoms with Gasteiger partial charge in [0, 0.05) is 13.6 Å². The monoisotopic (exact) mass is 253 g/mol. The summed E-state index contributed by atoms with van der Waals surface area (Å²) in [4.78, 5) is 10.6. The van der Waals surface area contributed by atoms with Crippen molar-refractivity contribution in [2.75, 3.05) is 24.2 Å². The maximum absolute atomic E-state index is 11.0. The molecule has 0 radical (unpaired) electrons. The first-order valence-electron chi connectivity index (χ1n) is 5.97. The van der Waals surface area contributed by atoms with Crippen molar-refractivity contribution in [3.8, 4) is 0 Å². The van der Waals surface area contributed by atoms with Gasteiger partial charge in [0.25, 0.3) is 0 Å². The number of nitrogens with zero attached hydrogens (tertiary/aromatic N) is 1. The smallest absolute Gasteiger partial charge is 0.315 e. The van der Waals surface area contributed by atoms with Crippen LogP contribution in [-0.2, 0) is 0 Å². The topological polar surface area (TPSA) is 87.4 Å². The van der Waals surface area contributed by atoms with Gasteiger partial charge in [-0.3, -0.25) is 10.1 Å². The summed E-state index contributed by atoms with van der Waals surface area (Å²) in [6, 6.07) is 5.07. The van der Waals surface area contributed by atoms with Crippen molar-refractivity contribution in [1.82, 2.24) is 0 Å². The van der Waals surface area contributed by atoms with Gasteiger partial charge >= 0.3 is 5.69 Å². The quantitative estimate of drug-likeness (QED) is 0.512. The molecule has 0 amide bonds. The standard InChI is InChI=1S/C12H19N3O3/c1-3-9(16)7-8-14-11-6-4-5-10(13-2)12(11)15(17)18/h4-6,9,13-14,16H,3,7-8H2,1-2H3. The Bertz CT molecular complexity index is 410.